The highest BCUT2D eigenvalue weighted by atomic mass is 32.2. The van der Waals surface area contributed by atoms with E-state index in [1.165, 1.54) is 11.3 Å². The average Bonchev–Trinajstić information content (AvgIpc) is 3.06. The lowest BCUT2D eigenvalue weighted by Crippen LogP contribution is -2.51. The van der Waals surface area contributed by atoms with Crippen LogP contribution in [0.15, 0.2) is 4.34 Å². The molecule has 116 valence electrons. The number of amides is 2. The van der Waals surface area contributed by atoms with Crippen molar-refractivity contribution in [1.82, 2.24) is 20.0 Å². The standard InChI is InChI=1S/C12H19N5O2S2/c1-3-20-11-14-13-10(21-11)17-9(8-15(2)12(17)18)16-4-6-19-7-5-16/h9H,3-8H2,1-2H3. The van der Waals surface area contributed by atoms with E-state index in [2.05, 4.69) is 22.0 Å². The van der Waals surface area contributed by atoms with Gasteiger partial charge in [-0.25, -0.2) is 9.69 Å². The Balaban J connectivity index is 1.82. The predicted octanol–water partition coefficient (Wildman–Crippen LogP) is 1.18. The Morgan fingerprint density at radius 1 is 1.38 bits per heavy atom. The second-order valence-corrected chi connectivity index (χ2v) is 7.41. The summed E-state index contributed by atoms with van der Waals surface area (Å²) < 4.78 is 6.32. The molecule has 0 saturated carbocycles. The van der Waals surface area contributed by atoms with E-state index in [9.17, 15) is 4.79 Å². The van der Waals surface area contributed by atoms with Gasteiger partial charge >= 0.3 is 6.03 Å². The van der Waals surface area contributed by atoms with E-state index >= 15 is 0 Å². The summed E-state index contributed by atoms with van der Waals surface area (Å²) in [5, 5.41) is 9.07. The van der Waals surface area contributed by atoms with Crippen LogP contribution in [0.2, 0.25) is 0 Å². The van der Waals surface area contributed by atoms with Crippen LogP contribution in [0.4, 0.5) is 9.93 Å². The van der Waals surface area contributed by atoms with E-state index in [0.29, 0.717) is 11.7 Å². The van der Waals surface area contributed by atoms with Crippen LogP contribution in [0.3, 0.4) is 0 Å². The molecule has 0 bridgehead atoms. The normalized spacial score (nSPS) is 24.1. The van der Waals surface area contributed by atoms with Gasteiger partial charge in [0.2, 0.25) is 5.13 Å². The molecule has 0 aliphatic carbocycles. The molecule has 9 heteroatoms. The van der Waals surface area contributed by atoms with Crippen molar-refractivity contribution in [2.45, 2.75) is 17.4 Å². The highest BCUT2D eigenvalue weighted by Gasteiger charge is 2.41. The minimum Gasteiger partial charge on any atom is -0.379 e. The summed E-state index contributed by atoms with van der Waals surface area (Å²) >= 11 is 3.14. The van der Waals surface area contributed by atoms with E-state index in [4.69, 9.17) is 4.74 Å². The van der Waals surface area contributed by atoms with Crippen LogP contribution in [0.5, 0.6) is 0 Å². The molecule has 1 atom stereocenters. The second-order valence-electron chi connectivity index (χ2n) is 4.95. The van der Waals surface area contributed by atoms with E-state index in [-0.39, 0.29) is 12.2 Å². The molecule has 3 rings (SSSR count). The van der Waals surface area contributed by atoms with Crippen molar-refractivity contribution in [2.75, 3.05) is 50.5 Å². The van der Waals surface area contributed by atoms with Gasteiger partial charge in [-0.3, -0.25) is 4.90 Å². The first kappa shape index (κ1) is 15.0. The first-order chi connectivity index (χ1) is 10.2. The number of morpholine rings is 1. The zero-order valence-electron chi connectivity index (χ0n) is 12.2. The summed E-state index contributed by atoms with van der Waals surface area (Å²) in [6.07, 6.45) is 0.0267. The van der Waals surface area contributed by atoms with Crippen LogP contribution >= 0.6 is 23.1 Å². The van der Waals surface area contributed by atoms with Crippen LogP contribution in [0, 0.1) is 0 Å². The third-order valence-electron chi connectivity index (χ3n) is 3.60. The molecule has 2 aliphatic rings. The lowest BCUT2D eigenvalue weighted by molar-refractivity contribution is 0.0194. The molecule has 7 nitrogen and oxygen atoms in total. The molecule has 0 radical (unpaired) electrons. The third kappa shape index (κ3) is 3.01. The van der Waals surface area contributed by atoms with Crippen molar-refractivity contribution in [2.24, 2.45) is 0 Å². The molecule has 2 amide bonds. The Bertz CT molecular complexity index is 506. The summed E-state index contributed by atoms with van der Waals surface area (Å²) in [5.41, 5.74) is 0. The summed E-state index contributed by atoms with van der Waals surface area (Å²) in [6, 6.07) is -0.00399. The average molecular weight is 329 g/mol. The van der Waals surface area contributed by atoms with Gasteiger partial charge in [0.05, 0.1) is 19.8 Å². The molecule has 0 spiro atoms. The maximum Gasteiger partial charge on any atom is 0.327 e. The molecule has 1 unspecified atom stereocenters. The fraction of sp³-hybridized carbons (Fsp3) is 0.750. The monoisotopic (exact) mass is 329 g/mol. The number of carbonyl (C=O) groups excluding carboxylic acids is 1. The highest BCUT2D eigenvalue weighted by Crippen LogP contribution is 2.32. The Kier molecular flexibility index (Phi) is 4.63. The number of urea groups is 1. The molecule has 1 aromatic heterocycles. The van der Waals surface area contributed by atoms with Gasteiger partial charge in [0.1, 0.15) is 6.17 Å². The summed E-state index contributed by atoms with van der Waals surface area (Å²) in [6.45, 7) is 5.89. The van der Waals surface area contributed by atoms with Gasteiger partial charge in [0.15, 0.2) is 4.34 Å². The van der Waals surface area contributed by atoms with Gasteiger partial charge in [-0.05, 0) is 5.75 Å². The Morgan fingerprint density at radius 2 is 2.14 bits per heavy atom. The molecule has 2 fully saturated rings. The first-order valence-electron chi connectivity index (χ1n) is 7.03. The number of thioether (sulfide) groups is 1. The number of carbonyl (C=O) groups is 1. The predicted molar refractivity (Wildman–Crippen MR) is 83.0 cm³/mol. The lowest BCUT2D eigenvalue weighted by Gasteiger charge is -2.34. The number of ether oxygens (including phenoxy) is 1. The van der Waals surface area contributed by atoms with E-state index in [1.807, 2.05) is 7.05 Å². The third-order valence-corrected chi connectivity index (χ3v) is 5.54. The molecule has 0 N–H and O–H groups in total. The SMILES string of the molecule is CCSc1nnc(N2C(=O)N(C)CC2N2CCOCC2)s1. The van der Waals surface area contributed by atoms with Gasteiger partial charge in [0.25, 0.3) is 0 Å². The van der Waals surface area contributed by atoms with Crippen molar-refractivity contribution in [1.29, 1.82) is 0 Å². The number of hydrogen-bond donors (Lipinski definition) is 0. The zero-order valence-corrected chi connectivity index (χ0v) is 13.8. The maximum absolute atomic E-state index is 12.5. The Morgan fingerprint density at radius 3 is 2.86 bits per heavy atom. The molecule has 21 heavy (non-hydrogen) atoms. The van der Waals surface area contributed by atoms with Crippen molar-refractivity contribution in [3.8, 4) is 0 Å². The fourth-order valence-corrected chi connectivity index (χ4v) is 4.34. The van der Waals surface area contributed by atoms with Crippen LogP contribution in [0.25, 0.3) is 0 Å². The number of aromatic nitrogens is 2. The Labute approximate surface area is 132 Å². The summed E-state index contributed by atoms with van der Waals surface area (Å²) in [5.74, 6) is 0.954. The molecule has 2 aliphatic heterocycles. The smallest absolute Gasteiger partial charge is 0.327 e. The van der Waals surface area contributed by atoms with Gasteiger partial charge in [-0.15, -0.1) is 10.2 Å². The van der Waals surface area contributed by atoms with Crippen molar-refractivity contribution >= 4 is 34.3 Å². The zero-order chi connectivity index (χ0) is 14.8. The lowest BCUT2D eigenvalue weighted by atomic mass is 10.3. The van der Waals surface area contributed by atoms with Crippen LogP contribution < -0.4 is 4.90 Å². The molecule has 2 saturated heterocycles. The van der Waals surface area contributed by atoms with Crippen molar-refractivity contribution < 1.29 is 9.53 Å². The first-order valence-corrected chi connectivity index (χ1v) is 8.83. The van der Waals surface area contributed by atoms with Crippen LogP contribution in [-0.4, -0.2) is 77.8 Å². The Hall–Kier alpha value is -0.900. The van der Waals surface area contributed by atoms with Gasteiger partial charge in [-0.2, -0.15) is 0 Å². The number of anilines is 1. The minimum atomic E-state index is -0.00399. The van der Waals surface area contributed by atoms with Gasteiger partial charge in [-0.1, -0.05) is 30.0 Å². The molecule has 3 heterocycles. The quantitative estimate of drug-likeness (QED) is 0.611. The summed E-state index contributed by atoms with van der Waals surface area (Å²) in [7, 11) is 1.83. The molecule has 0 aromatic carbocycles. The molecular formula is C12H19N5O2S2. The minimum absolute atomic E-state index is 0.00399. The van der Waals surface area contributed by atoms with Gasteiger partial charge < -0.3 is 9.64 Å². The number of nitrogens with zero attached hydrogens (tertiary/aromatic N) is 5. The molecular weight excluding hydrogens is 310 g/mol. The topological polar surface area (TPSA) is 61.8 Å². The number of hydrogen-bond acceptors (Lipinski definition) is 7. The maximum atomic E-state index is 12.5. The number of likely N-dealkylation sites (N-methyl/N-ethyl adjacent to an activating group) is 1. The fourth-order valence-electron chi connectivity index (χ4n) is 2.56. The van der Waals surface area contributed by atoms with Gasteiger partial charge in [0, 0.05) is 20.1 Å². The van der Waals surface area contributed by atoms with Crippen molar-refractivity contribution in [3.05, 3.63) is 0 Å². The van der Waals surface area contributed by atoms with E-state index in [1.54, 1.807) is 21.6 Å². The largest absolute Gasteiger partial charge is 0.379 e. The van der Waals surface area contributed by atoms with Crippen LogP contribution in [-0.2, 0) is 4.74 Å². The number of rotatable bonds is 4. The summed E-state index contributed by atoms with van der Waals surface area (Å²) in [4.78, 5) is 18.3. The highest BCUT2D eigenvalue weighted by molar-refractivity contribution is 8.01. The van der Waals surface area contributed by atoms with Crippen LogP contribution in [0.1, 0.15) is 6.92 Å². The van der Waals surface area contributed by atoms with Crippen molar-refractivity contribution in [3.63, 3.8) is 0 Å². The second kappa shape index (κ2) is 6.47. The van der Waals surface area contributed by atoms with E-state index < -0.39 is 0 Å². The molecule has 1 aromatic rings. The van der Waals surface area contributed by atoms with E-state index in [0.717, 1.165) is 36.4 Å².